The lowest BCUT2D eigenvalue weighted by Crippen LogP contribution is -2.55. The number of rotatable bonds is 4. The average molecular weight is 404 g/mol. The van der Waals surface area contributed by atoms with E-state index in [1.54, 1.807) is 25.7 Å². The SMILES string of the molecule is CC(=O)N1CCC(N(NC(=O)OC(C)(C)C)/C(N)=C(\Br)C=N)CC1. The molecule has 1 heterocycles. The first-order chi connectivity index (χ1) is 11.0. The molecule has 1 aliphatic heterocycles. The minimum absolute atomic E-state index is 0.0317. The van der Waals surface area contributed by atoms with Crippen LogP contribution in [0.5, 0.6) is 0 Å². The van der Waals surface area contributed by atoms with Gasteiger partial charge < -0.3 is 20.8 Å². The summed E-state index contributed by atoms with van der Waals surface area (Å²) < 4.78 is 5.63. The van der Waals surface area contributed by atoms with Gasteiger partial charge in [0.1, 0.15) is 11.4 Å². The number of amides is 2. The second-order valence-corrected chi connectivity index (χ2v) is 7.45. The van der Waals surface area contributed by atoms with Gasteiger partial charge in [-0.25, -0.2) is 10.2 Å². The van der Waals surface area contributed by atoms with Crippen LogP contribution in [0.3, 0.4) is 0 Å². The molecule has 0 aromatic carbocycles. The molecule has 9 heteroatoms. The van der Waals surface area contributed by atoms with E-state index in [1.807, 2.05) is 0 Å². The molecule has 1 rings (SSSR count). The molecule has 0 unspecified atom stereocenters. The summed E-state index contributed by atoms with van der Waals surface area (Å²) in [5.41, 5.74) is 8.09. The lowest BCUT2D eigenvalue weighted by Gasteiger charge is -2.39. The highest BCUT2D eigenvalue weighted by Crippen LogP contribution is 2.20. The number of carbonyl (C=O) groups is 2. The number of hydrogen-bond donors (Lipinski definition) is 3. The molecule has 0 spiro atoms. The largest absolute Gasteiger partial charge is 0.443 e. The van der Waals surface area contributed by atoms with E-state index < -0.39 is 11.7 Å². The Balaban J connectivity index is 2.89. The van der Waals surface area contributed by atoms with E-state index in [0.717, 1.165) is 6.21 Å². The van der Waals surface area contributed by atoms with Crippen LogP contribution in [0.25, 0.3) is 0 Å². The number of piperidine rings is 1. The van der Waals surface area contributed by atoms with Crippen molar-refractivity contribution in [3.63, 3.8) is 0 Å². The Morgan fingerprint density at radius 3 is 2.33 bits per heavy atom. The molecule has 0 atom stereocenters. The molecule has 0 radical (unpaired) electrons. The Morgan fingerprint density at radius 1 is 1.38 bits per heavy atom. The van der Waals surface area contributed by atoms with Crippen LogP contribution in [-0.4, -0.2) is 52.9 Å². The van der Waals surface area contributed by atoms with Crippen molar-refractivity contribution in [3.05, 3.63) is 10.3 Å². The van der Waals surface area contributed by atoms with Crippen LogP contribution in [0.1, 0.15) is 40.5 Å². The summed E-state index contributed by atoms with van der Waals surface area (Å²) in [5, 5.41) is 8.84. The Morgan fingerprint density at radius 2 is 1.92 bits per heavy atom. The highest BCUT2D eigenvalue weighted by molar-refractivity contribution is 9.12. The molecule has 0 aliphatic carbocycles. The zero-order valence-corrected chi connectivity index (χ0v) is 16.1. The first-order valence-electron chi connectivity index (χ1n) is 7.75. The summed E-state index contributed by atoms with van der Waals surface area (Å²) in [4.78, 5) is 25.3. The minimum atomic E-state index is -0.634. The molecule has 0 bridgehead atoms. The van der Waals surface area contributed by atoms with Gasteiger partial charge in [0.05, 0.1) is 10.5 Å². The van der Waals surface area contributed by atoms with E-state index in [9.17, 15) is 9.59 Å². The molecule has 24 heavy (non-hydrogen) atoms. The molecule has 4 N–H and O–H groups in total. The quantitative estimate of drug-likeness (QED) is 0.490. The lowest BCUT2D eigenvalue weighted by molar-refractivity contribution is -0.130. The van der Waals surface area contributed by atoms with Crippen LogP contribution in [0.4, 0.5) is 4.79 Å². The smallest absolute Gasteiger partial charge is 0.426 e. The van der Waals surface area contributed by atoms with Crippen LogP contribution in [-0.2, 0) is 9.53 Å². The minimum Gasteiger partial charge on any atom is -0.443 e. The van der Waals surface area contributed by atoms with Crippen LogP contribution in [0, 0.1) is 5.41 Å². The van der Waals surface area contributed by atoms with Gasteiger partial charge in [-0.05, 0) is 49.5 Å². The van der Waals surface area contributed by atoms with E-state index >= 15 is 0 Å². The Hall–Kier alpha value is -1.77. The van der Waals surface area contributed by atoms with E-state index in [0.29, 0.717) is 30.4 Å². The normalized spacial score (nSPS) is 17.0. The first kappa shape index (κ1) is 20.3. The summed E-state index contributed by atoms with van der Waals surface area (Å²) in [5.74, 6) is 0.251. The van der Waals surface area contributed by atoms with Gasteiger partial charge in [-0.15, -0.1) is 0 Å². The standard InChI is InChI=1S/C15H26BrN5O3/c1-10(22)20-7-5-11(6-8-20)21(13(18)12(16)9-17)19-14(23)24-15(2,3)4/h9,11,17H,5-8,18H2,1-4H3,(H,19,23)/b13-12-,17-9?. The van der Waals surface area contributed by atoms with Crippen LogP contribution < -0.4 is 11.2 Å². The number of carbonyl (C=O) groups excluding carboxylic acids is 2. The van der Waals surface area contributed by atoms with Gasteiger partial charge in [0.15, 0.2) is 0 Å². The third-order valence-corrected chi connectivity index (χ3v) is 4.15. The second kappa shape index (κ2) is 8.36. The van der Waals surface area contributed by atoms with E-state index in [-0.39, 0.29) is 17.8 Å². The number of nitrogens with one attached hydrogen (secondary N) is 2. The van der Waals surface area contributed by atoms with Crippen molar-refractivity contribution in [1.29, 1.82) is 5.41 Å². The topological polar surface area (TPSA) is 112 Å². The Kier molecular flexibility index (Phi) is 7.07. The van der Waals surface area contributed by atoms with E-state index in [4.69, 9.17) is 15.9 Å². The number of nitrogens with zero attached hydrogens (tertiary/aromatic N) is 2. The third kappa shape index (κ3) is 6.03. The highest BCUT2D eigenvalue weighted by Gasteiger charge is 2.29. The van der Waals surface area contributed by atoms with Gasteiger partial charge >= 0.3 is 6.09 Å². The molecule has 0 aromatic heterocycles. The summed E-state index contributed by atoms with van der Waals surface area (Å²) in [6.45, 7) is 8.03. The van der Waals surface area contributed by atoms with E-state index in [2.05, 4.69) is 21.4 Å². The molecular formula is C15H26BrN5O3. The number of likely N-dealkylation sites (tertiary alicyclic amines) is 1. The van der Waals surface area contributed by atoms with Crippen molar-refractivity contribution < 1.29 is 14.3 Å². The number of hydrazine groups is 1. The highest BCUT2D eigenvalue weighted by atomic mass is 79.9. The molecule has 1 aliphatic rings. The van der Waals surface area contributed by atoms with Gasteiger partial charge in [0.25, 0.3) is 0 Å². The first-order valence-corrected chi connectivity index (χ1v) is 8.54. The van der Waals surface area contributed by atoms with Gasteiger partial charge in [-0.3, -0.25) is 9.80 Å². The number of allylic oxidation sites excluding steroid dienone is 1. The summed E-state index contributed by atoms with van der Waals surface area (Å²) in [6, 6.07) is -0.0966. The fourth-order valence-corrected chi connectivity index (χ4v) is 2.57. The second-order valence-electron chi connectivity index (χ2n) is 6.60. The van der Waals surface area contributed by atoms with Crippen molar-refractivity contribution >= 4 is 34.1 Å². The number of halogens is 1. The Labute approximate surface area is 151 Å². The zero-order valence-electron chi connectivity index (χ0n) is 14.6. The zero-order chi connectivity index (χ0) is 18.5. The van der Waals surface area contributed by atoms with Gasteiger partial charge in [-0.1, -0.05) is 0 Å². The monoisotopic (exact) mass is 403 g/mol. The molecule has 0 aromatic rings. The predicted molar refractivity (Wildman–Crippen MR) is 95.4 cm³/mol. The average Bonchev–Trinajstić information content (AvgIpc) is 2.49. The maximum Gasteiger partial charge on any atom is 0.426 e. The lowest BCUT2D eigenvalue weighted by atomic mass is 10.0. The molecule has 1 fully saturated rings. The maximum absolute atomic E-state index is 12.1. The summed E-state index contributed by atoms with van der Waals surface area (Å²) >= 11 is 3.21. The van der Waals surface area contributed by atoms with Gasteiger partial charge in [0.2, 0.25) is 5.91 Å². The molecular weight excluding hydrogens is 378 g/mol. The summed E-state index contributed by atoms with van der Waals surface area (Å²) in [7, 11) is 0. The molecule has 0 saturated carbocycles. The molecule has 8 nitrogen and oxygen atoms in total. The van der Waals surface area contributed by atoms with E-state index in [1.165, 1.54) is 11.9 Å². The van der Waals surface area contributed by atoms with Crippen molar-refractivity contribution in [3.8, 4) is 0 Å². The van der Waals surface area contributed by atoms with Crippen molar-refractivity contribution in [2.24, 2.45) is 5.73 Å². The van der Waals surface area contributed by atoms with Gasteiger partial charge in [-0.2, -0.15) is 0 Å². The van der Waals surface area contributed by atoms with Crippen LogP contribution in [0.15, 0.2) is 10.3 Å². The fourth-order valence-electron chi connectivity index (χ4n) is 2.38. The van der Waals surface area contributed by atoms with Gasteiger partial charge in [0, 0.05) is 26.2 Å². The van der Waals surface area contributed by atoms with Crippen molar-refractivity contribution in [1.82, 2.24) is 15.3 Å². The van der Waals surface area contributed by atoms with Crippen molar-refractivity contribution in [2.45, 2.75) is 52.2 Å². The van der Waals surface area contributed by atoms with Crippen LogP contribution in [0.2, 0.25) is 0 Å². The molecule has 1 saturated heterocycles. The Bertz CT molecular complexity index is 522. The number of ether oxygens (including phenoxy) is 1. The summed E-state index contributed by atoms with van der Waals surface area (Å²) in [6.07, 6.45) is 1.73. The predicted octanol–water partition coefficient (Wildman–Crippen LogP) is 1.91. The molecule has 2 amide bonds. The van der Waals surface area contributed by atoms with Crippen LogP contribution >= 0.6 is 15.9 Å². The number of nitrogens with two attached hydrogens (primary N) is 1. The number of hydrogen-bond acceptors (Lipinski definition) is 6. The fraction of sp³-hybridized carbons (Fsp3) is 0.667. The maximum atomic E-state index is 12.1. The van der Waals surface area contributed by atoms with Crippen molar-refractivity contribution in [2.75, 3.05) is 13.1 Å². The molecule has 136 valence electrons. The third-order valence-electron chi connectivity index (χ3n) is 3.52.